The zero-order valence-electron chi connectivity index (χ0n) is 10.0. The third-order valence-electron chi connectivity index (χ3n) is 2.67. The van der Waals surface area contributed by atoms with E-state index in [1.165, 1.54) is 0 Å². The van der Waals surface area contributed by atoms with Crippen LogP contribution in [0.15, 0.2) is 35.0 Å². The van der Waals surface area contributed by atoms with Crippen LogP contribution in [0, 0.1) is 6.92 Å². The molecule has 0 bridgehead atoms. The Hall–Kier alpha value is -1.32. The minimum Gasteiger partial charge on any atom is -0.494 e. The second-order valence-electron chi connectivity index (χ2n) is 3.92. The fraction of sp³-hybridized carbons (Fsp3) is 0.286. The van der Waals surface area contributed by atoms with Gasteiger partial charge < -0.3 is 9.84 Å². The van der Waals surface area contributed by atoms with Crippen molar-refractivity contribution < 1.29 is 9.84 Å². The minimum absolute atomic E-state index is 0.568. The van der Waals surface area contributed by atoms with Gasteiger partial charge in [0.1, 0.15) is 11.9 Å². The molecule has 90 valence electrons. The van der Waals surface area contributed by atoms with E-state index in [9.17, 15) is 5.11 Å². The Morgan fingerprint density at radius 3 is 2.82 bits per heavy atom. The highest BCUT2D eigenvalue weighted by Gasteiger charge is 2.14. The van der Waals surface area contributed by atoms with Crippen LogP contribution in [-0.4, -0.2) is 11.7 Å². The summed E-state index contributed by atoms with van der Waals surface area (Å²) in [6, 6.07) is 7.63. The topological polar surface area (TPSA) is 29.5 Å². The van der Waals surface area contributed by atoms with Gasteiger partial charge in [-0.1, -0.05) is 12.1 Å². The number of aliphatic hydroxyl groups excluding tert-OH is 1. The molecule has 0 spiro atoms. The molecule has 2 nitrogen and oxygen atoms in total. The number of aryl methyl sites for hydroxylation is 1. The van der Waals surface area contributed by atoms with Crippen molar-refractivity contribution in [3.8, 4) is 5.75 Å². The highest BCUT2D eigenvalue weighted by Crippen LogP contribution is 2.29. The molecule has 0 aliphatic heterocycles. The Labute approximate surface area is 105 Å². The third kappa shape index (κ3) is 2.68. The number of thiophene rings is 1. The summed E-state index contributed by atoms with van der Waals surface area (Å²) in [5.74, 6) is 0.803. The van der Waals surface area contributed by atoms with Crippen LogP contribution in [0.3, 0.4) is 0 Å². The molecule has 0 saturated heterocycles. The van der Waals surface area contributed by atoms with E-state index >= 15 is 0 Å². The van der Waals surface area contributed by atoms with E-state index in [1.54, 1.807) is 11.3 Å². The van der Waals surface area contributed by atoms with Crippen LogP contribution in [0.4, 0.5) is 0 Å². The molecule has 1 N–H and O–H groups in total. The summed E-state index contributed by atoms with van der Waals surface area (Å²) in [5.41, 5.74) is 2.98. The van der Waals surface area contributed by atoms with E-state index in [-0.39, 0.29) is 0 Å². The number of aliphatic hydroxyl groups is 1. The van der Waals surface area contributed by atoms with E-state index in [2.05, 4.69) is 0 Å². The molecule has 0 aliphatic carbocycles. The predicted octanol–water partition coefficient (Wildman–Crippen LogP) is 3.54. The lowest BCUT2D eigenvalue weighted by Gasteiger charge is -2.12. The third-order valence-corrected chi connectivity index (χ3v) is 3.55. The lowest BCUT2D eigenvalue weighted by Crippen LogP contribution is -2.00. The highest BCUT2D eigenvalue weighted by molar-refractivity contribution is 7.08. The average molecular weight is 248 g/mol. The largest absolute Gasteiger partial charge is 0.494 e. The molecule has 1 aromatic carbocycles. The maximum atomic E-state index is 10.3. The van der Waals surface area contributed by atoms with Gasteiger partial charge in [-0.05, 0) is 53.4 Å². The number of ether oxygens (including phenoxy) is 1. The summed E-state index contributed by atoms with van der Waals surface area (Å²) in [6.07, 6.45) is -0.568. The molecule has 1 aromatic heterocycles. The molecule has 1 heterocycles. The summed E-state index contributed by atoms with van der Waals surface area (Å²) in [5, 5.41) is 14.3. The van der Waals surface area contributed by atoms with Crippen LogP contribution in [0.25, 0.3) is 0 Å². The van der Waals surface area contributed by atoms with Crippen molar-refractivity contribution in [1.29, 1.82) is 0 Å². The number of hydrogen-bond acceptors (Lipinski definition) is 3. The van der Waals surface area contributed by atoms with Crippen LogP contribution in [0.2, 0.25) is 0 Å². The number of hydrogen-bond donors (Lipinski definition) is 1. The fourth-order valence-corrected chi connectivity index (χ4v) is 2.64. The first kappa shape index (κ1) is 12.1. The van der Waals surface area contributed by atoms with Gasteiger partial charge in [-0.15, -0.1) is 0 Å². The normalized spacial score (nSPS) is 12.4. The molecular formula is C14H16O2S. The zero-order chi connectivity index (χ0) is 12.3. The van der Waals surface area contributed by atoms with Crippen LogP contribution in [0.5, 0.6) is 5.75 Å². The van der Waals surface area contributed by atoms with Gasteiger partial charge in [-0.25, -0.2) is 0 Å². The smallest absolute Gasteiger partial charge is 0.119 e. The number of benzene rings is 1. The van der Waals surface area contributed by atoms with Crippen LogP contribution < -0.4 is 4.74 Å². The Bertz CT molecular complexity index is 490. The molecule has 0 saturated carbocycles. The van der Waals surface area contributed by atoms with E-state index in [1.807, 2.05) is 48.9 Å². The van der Waals surface area contributed by atoms with Crippen molar-refractivity contribution in [2.75, 3.05) is 6.61 Å². The van der Waals surface area contributed by atoms with Crippen molar-refractivity contribution in [1.82, 2.24) is 0 Å². The van der Waals surface area contributed by atoms with E-state index in [4.69, 9.17) is 4.74 Å². The second-order valence-corrected chi connectivity index (χ2v) is 4.66. The van der Waals surface area contributed by atoms with Gasteiger partial charge >= 0.3 is 0 Å². The van der Waals surface area contributed by atoms with Crippen molar-refractivity contribution in [3.05, 3.63) is 51.7 Å². The summed E-state index contributed by atoms with van der Waals surface area (Å²) < 4.78 is 5.44. The van der Waals surface area contributed by atoms with Gasteiger partial charge in [0.05, 0.1) is 6.61 Å². The summed E-state index contributed by atoms with van der Waals surface area (Å²) in [6.45, 7) is 4.60. The lowest BCUT2D eigenvalue weighted by molar-refractivity contribution is 0.219. The maximum absolute atomic E-state index is 10.3. The van der Waals surface area contributed by atoms with Gasteiger partial charge in [-0.2, -0.15) is 11.3 Å². The Morgan fingerprint density at radius 2 is 2.18 bits per heavy atom. The van der Waals surface area contributed by atoms with Crippen molar-refractivity contribution in [2.45, 2.75) is 20.0 Å². The van der Waals surface area contributed by atoms with E-state index < -0.39 is 6.10 Å². The zero-order valence-corrected chi connectivity index (χ0v) is 10.8. The summed E-state index contributed by atoms with van der Waals surface area (Å²) in [4.78, 5) is 0. The standard InChI is InChI=1S/C14H16O2S/c1-3-16-12-6-4-5-11(7-12)14(15)13-9-17-8-10(13)2/h4-9,14-15H,3H2,1-2H3. The molecule has 0 fully saturated rings. The quantitative estimate of drug-likeness (QED) is 0.896. The van der Waals surface area contributed by atoms with Crippen LogP contribution in [0.1, 0.15) is 29.7 Å². The number of rotatable bonds is 4. The van der Waals surface area contributed by atoms with Crippen molar-refractivity contribution in [3.63, 3.8) is 0 Å². The van der Waals surface area contributed by atoms with Gasteiger partial charge in [0.2, 0.25) is 0 Å². The first-order chi connectivity index (χ1) is 8.22. The molecule has 17 heavy (non-hydrogen) atoms. The van der Waals surface area contributed by atoms with Gasteiger partial charge in [-0.3, -0.25) is 0 Å². The van der Waals surface area contributed by atoms with Crippen molar-refractivity contribution in [2.24, 2.45) is 0 Å². The molecule has 1 unspecified atom stereocenters. The molecular weight excluding hydrogens is 232 g/mol. The van der Waals surface area contributed by atoms with E-state index in [0.717, 1.165) is 22.4 Å². The van der Waals surface area contributed by atoms with Gasteiger partial charge in [0.15, 0.2) is 0 Å². The predicted molar refractivity (Wildman–Crippen MR) is 70.7 cm³/mol. The van der Waals surface area contributed by atoms with Gasteiger partial charge in [0, 0.05) is 0 Å². The SMILES string of the molecule is CCOc1cccc(C(O)c2cscc2C)c1. The average Bonchev–Trinajstić information content (AvgIpc) is 2.75. The van der Waals surface area contributed by atoms with Crippen molar-refractivity contribution >= 4 is 11.3 Å². The summed E-state index contributed by atoms with van der Waals surface area (Å²) >= 11 is 1.61. The molecule has 0 aliphatic rings. The molecule has 1 atom stereocenters. The highest BCUT2D eigenvalue weighted by atomic mass is 32.1. The van der Waals surface area contributed by atoms with Crippen LogP contribution >= 0.6 is 11.3 Å². The fourth-order valence-electron chi connectivity index (χ4n) is 1.77. The Morgan fingerprint density at radius 1 is 1.35 bits per heavy atom. The molecule has 2 aromatic rings. The maximum Gasteiger partial charge on any atom is 0.119 e. The molecule has 3 heteroatoms. The van der Waals surface area contributed by atoms with Gasteiger partial charge in [0.25, 0.3) is 0 Å². The summed E-state index contributed by atoms with van der Waals surface area (Å²) in [7, 11) is 0. The first-order valence-corrected chi connectivity index (χ1v) is 6.60. The minimum atomic E-state index is -0.568. The lowest BCUT2D eigenvalue weighted by atomic mass is 10.0. The van der Waals surface area contributed by atoms with Crippen LogP contribution in [-0.2, 0) is 0 Å². The Kier molecular flexibility index (Phi) is 3.82. The molecule has 2 rings (SSSR count). The molecule has 0 amide bonds. The first-order valence-electron chi connectivity index (χ1n) is 5.66. The second kappa shape index (κ2) is 5.34. The monoisotopic (exact) mass is 248 g/mol. The van der Waals surface area contributed by atoms with E-state index in [0.29, 0.717) is 6.61 Å². The molecule has 0 radical (unpaired) electrons. The Balaban J connectivity index is 2.28.